The summed E-state index contributed by atoms with van der Waals surface area (Å²) in [5, 5.41) is 12.1. The van der Waals surface area contributed by atoms with Gasteiger partial charge in [-0.15, -0.1) is 86.8 Å². The molecule has 6 N–H and O–H groups in total. The number of hydrogen-bond acceptors (Lipinski definition) is 5. The highest BCUT2D eigenvalue weighted by atomic mass is 35.5. The first-order chi connectivity index (χ1) is 12.1. The van der Waals surface area contributed by atoms with Crippen LogP contribution in [-0.4, -0.2) is 72.7 Å². The van der Waals surface area contributed by atoms with Gasteiger partial charge in [-0.2, -0.15) is 0 Å². The van der Waals surface area contributed by atoms with Gasteiger partial charge in [0, 0.05) is 58.8 Å². The molecule has 0 aliphatic rings. The SMILES string of the molecule is Cl.Cl.Cl.Cl.Cl.Cl.Cl.NCCN(CCN)CCNC(=O)CCN(Cc1ccccc1)C(=O)O. The second-order valence-electron chi connectivity index (χ2n) is 5.71. The summed E-state index contributed by atoms with van der Waals surface area (Å²) in [5.74, 6) is -0.167. The van der Waals surface area contributed by atoms with E-state index in [1.165, 1.54) is 4.90 Å². The largest absolute Gasteiger partial charge is 0.465 e. The van der Waals surface area contributed by atoms with Crippen LogP contribution in [0.3, 0.4) is 0 Å². The first kappa shape index (κ1) is 49.1. The molecule has 0 atom stereocenters. The number of halogens is 7. The lowest BCUT2D eigenvalue weighted by Gasteiger charge is -2.21. The van der Waals surface area contributed by atoms with E-state index < -0.39 is 6.09 Å². The number of rotatable bonds is 12. The Kier molecular flexibility index (Phi) is 47.4. The lowest BCUT2D eigenvalue weighted by molar-refractivity contribution is -0.121. The molecule has 0 saturated carbocycles. The number of carbonyl (C=O) groups excluding carboxylic acids is 1. The third-order valence-electron chi connectivity index (χ3n) is 3.74. The van der Waals surface area contributed by atoms with Crippen molar-refractivity contribution in [2.45, 2.75) is 13.0 Å². The fourth-order valence-corrected chi connectivity index (χ4v) is 2.43. The molecule has 0 aliphatic heterocycles. The molecule has 0 bridgehead atoms. The summed E-state index contributed by atoms with van der Waals surface area (Å²) in [4.78, 5) is 26.6. The van der Waals surface area contributed by atoms with Crippen molar-refractivity contribution < 1.29 is 14.7 Å². The van der Waals surface area contributed by atoms with Crippen LogP contribution >= 0.6 is 86.8 Å². The number of nitrogens with zero attached hydrogens (tertiary/aromatic N) is 2. The predicted molar refractivity (Wildman–Crippen MR) is 148 cm³/mol. The Bertz CT molecular complexity index is 531. The van der Waals surface area contributed by atoms with Crippen molar-refractivity contribution in [3.05, 3.63) is 35.9 Å². The standard InChI is InChI=1S/C17H29N5O3.7ClH/c18-7-11-21(12-8-19)13-9-20-16(23)6-10-22(17(24)25)14-15-4-2-1-3-5-15;;;;;;;/h1-5H,6-14,18-19H2,(H,20,23)(H,24,25);7*1H. The van der Waals surface area contributed by atoms with E-state index in [-0.39, 0.29) is 112 Å². The highest BCUT2D eigenvalue weighted by Crippen LogP contribution is 2.05. The summed E-state index contributed by atoms with van der Waals surface area (Å²) in [6, 6.07) is 9.31. The van der Waals surface area contributed by atoms with Crippen molar-refractivity contribution in [2.75, 3.05) is 45.8 Å². The molecule has 0 saturated heterocycles. The number of carboxylic acid groups (broad SMARTS) is 1. The molecule has 1 rings (SSSR count). The molecule has 1 aromatic carbocycles. The average Bonchev–Trinajstić information content (AvgIpc) is 2.59. The first-order valence-corrected chi connectivity index (χ1v) is 8.47. The normalized spacial score (nSPS) is 8.34. The molecule has 0 fully saturated rings. The number of nitrogens with two attached hydrogens (primary N) is 2. The fourth-order valence-electron chi connectivity index (χ4n) is 2.43. The Labute approximate surface area is 233 Å². The van der Waals surface area contributed by atoms with Gasteiger partial charge in [0.15, 0.2) is 0 Å². The van der Waals surface area contributed by atoms with E-state index in [0.717, 1.165) is 18.7 Å². The van der Waals surface area contributed by atoms with Crippen LogP contribution in [0, 0.1) is 0 Å². The number of amides is 2. The molecule has 2 amide bonds. The zero-order chi connectivity index (χ0) is 18.5. The molecule has 8 nitrogen and oxygen atoms in total. The molecule has 196 valence electrons. The highest BCUT2D eigenvalue weighted by molar-refractivity contribution is 5.86. The summed E-state index contributed by atoms with van der Waals surface area (Å²) in [5.41, 5.74) is 12.0. The van der Waals surface area contributed by atoms with Crippen molar-refractivity contribution in [3.8, 4) is 0 Å². The van der Waals surface area contributed by atoms with Gasteiger partial charge in [-0.05, 0) is 5.56 Å². The molecule has 0 heterocycles. The van der Waals surface area contributed by atoms with Gasteiger partial charge >= 0.3 is 6.09 Å². The Hall–Kier alpha value is -0.130. The molecule has 0 radical (unpaired) electrons. The van der Waals surface area contributed by atoms with Crippen LogP contribution in [0.2, 0.25) is 0 Å². The van der Waals surface area contributed by atoms with E-state index in [1.807, 2.05) is 30.3 Å². The Morgan fingerprint density at radius 3 is 1.75 bits per heavy atom. The maximum Gasteiger partial charge on any atom is 0.407 e. The van der Waals surface area contributed by atoms with Crippen LogP contribution in [-0.2, 0) is 11.3 Å². The number of benzene rings is 1. The van der Waals surface area contributed by atoms with Crippen molar-refractivity contribution in [3.63, 3.8) is 0 Å². The van der Waals surface area contributed by atoms with Gasteiger partial charge in [0.2, 0.25) is 5.91 Å². The van der Waals surface area contributed by atoms with Gasteiger partial charge in [0.1, 0.15) is 0 Å². The van der Waals surface area contributed by atoms with E-state index in [2.05, 4.69) is 10.2 Å². The van der Waals surface area contributed by atoms with Crippen molar-refractivity contribution in [1.82, 2.24) is 15.1 Å². The number of carbonyl (C=O) groups is 2. The molecule has 1 aromatic rings. The van der Waals surface area contributed by atoms with Gasteiger partial charge in [-0.3, -0.25) is 9.69 Å². The zero-order valence-corrected chi connectivity index (χ0v) is 23.1. The van der Waals surface area contributed by atoms with Crippen molar-refractivity contribution >= 4 is 98.8 Å². The Balaban J connectivity index is -0.000000179. The third kappa shape index (κ3) is 23.0. The minimum atomic E-state index is -1.03. The molecule has 0 aromatic heterocycles. The number of nitrogens with one attached hydrogen (secondary N) is 1. The first-order valence-electron chi connectivity index (χ1n) is 8.47. The van der Waals surface area contributed by atoms with E-state index in [1.54, 1.807) is 0 Å². The molecular weight excluding hydrogens is 570 g/mol. The van der Waals surface area contributed by atoms with E-state index >= 15 is 0 Å². The van der Waals surface area contributed by atoms with E-state index in [4.69, 9.17) is 11.5 Å². The molecule has 32 heavy (non-hydrogen) atoms. The maximum absolute atomic E-state index is 11.9. The summed E-state index contributed by atoms with van der Waals surface area (Å²) in [6.07, 6.45) is -0.902. The summed E-state index contributed by atoms with van der Waals surface area (Å²) in [6.45, 7) is 4.14. The fraction of sp³-hybridized carbons (Fsp3) is 0.529. The summed E-state index contributed by atoms with van der Waals surface area (Å²) in [7, 11) is 0. The number of hydrogen-bond donors (Lipinski definition) is 4. The van der Waals surface area contributed by atoms with Crippen LogP contribution in [0.25, 0.3) is 0 Å². The van der Waals surface area contributed by atoms with Gasteiger partial charge < -0.3 is 26.8 Å². The van der Waals surface area contributed by atoms with Crippen molar-refractivity contribution in [2.24, 2.45) is 11.5 Å². The molecule has 0 unspecified atom stereocenters. The lowest BCUT2D eigenvalue weighted by Crippen LogP contribution is -2.40. The van der Waals surface area contributed by atoms with Crippen LogP contribution < -0.4 is 16.8 Å². The van der Waals surface area contributed by atoms with E-state index in [9.17, 15) is 14.7 Å². The third-order valence-corrected chi connectivity index (χ3v) is 3.74. The monoisotopic (exact) mass is 603 g/mol. The predicted octanol–water partition coefficient (Wildman–Crippen LogP) is 2.84. The van der Waals surface area contributed by atoms with Crippen LogP contribution in [0.4, 0.5) is 4.79 Å². The second-order valence-corrected chi connectivity index (χ2v) is 5.71. The smallest absolute Gasteiger partial charge is 0.407 e. The minimum absolute atomic E-state index is 0. The Morgan fingerprint density at radius 2 is 1.31 bits per heavy atom. The van der Waals surface area contributed by atoms with Crippen LogP contribution in [0.15, 0.2) is 30.3 Å². The van der Waals surface area contributed by atoms with E-state index in [0.29, 0.717) is 26.2 Å². The molecular formula is C17H36Cl7N5O3. The Morgan fingerprint density at radius 1 is 0.812 bits per heavy atom. The van der Waals surface area contributed by atoms with Crippen LogP contribution in [0.5, 0.6) is 0 Å². The van der Waals surface area contributed by atoms with Crippen LogP contribution in [0.1, 0.15) is 12.0 Å². The van der Waals surface area contributed by atoms with Gasteiger partial charge in [0.25, 0.3) is 0 Å². The summed E-state index contributed by atoms with van der Waals surface area (Å²) < 4.78 is 0. The molecule has 15 heteroatoms. The maximum atomic E-state index is 11.9. The second kappa shape index (κ2) is 30.9. The minimum Gasteiger partial charge on any atom is -0.465 e. The van der Waals surface area contributed by atoms with Crippen molar-refractivity contribution in [1.29, 1.82) is 0 Å². The topological polar surface area (TPSA) is 125 Å². The highest BCUT2D eigenvalue weighted by Gasteiger charge is 2.14. The average molecular weight is 607 g/mol. The zero-order valence-electron chi connectivity index (χ0n) is 17.4. The van der Waals surface area contributed by atoms with Gasteiger partial charge in [0.05, 0.1) is 0 Å². The van der Waals surface area contributed by atoms with Gasteiger partial charge in [-0.1, -0.05) is 30.3 Å². The summed E-state index contributed by atoms with van der Waals surface area (Å²) >= 11 is 0. The van der Waals surface area contributed by atoms with Gasteiger partial charge in [-0.25, -0.2) is 4.79 Å². The quantitative estimate of drug-likeness (QED) is 0.290. The molecule has 0 aliphatic carbocycles. The lowest BCUT2D eigenvalue weighted by atomic mass is 10.2. The molecule has 0 spiro atoms.